The molecule has 200 valence electrons. The van der Waals surface area contributed by atoms with E-state index in [1.807, 2.05) is 24.3 Å². The summed E-state index contributed by atoms with van der Waals surface area (Å²) < 4.78 is 17.5. The van der Waals surface area contributed by atoms with Gasteiger partial charge < -0.3 is 23.4 Å². The molecule has 1 aliphatic heterocycles. The third-order valence-corrected chi connectivity index (χ3v) is 7.18. The van der Waals surface area contributed by atoms with Crippen LogP contribution in [0.3, 0.4) is 0 Å². The van der Waals surface area contributed by atoms with Crippen molar-refractivity contribution < 1.29 is 18.4 Å². The molecular weight excluding hydrogens is 511 g/mol. The third kappa shape index (κ3) is 7.71. The molecule has 3 heterocycles. The number of hydrogen-bond donors (Lipinski definition) is 0. The number of nitrogens with zero attached hydrogens (tertiary/aromatic N) is 2. The molecule has 0 saturated carbocycles. The Labute approximate surface area is 229 Å². The first-order valence-electron chi connectivity index (χ1n) is 13.3. The predicted octanol–water partition coefficient (Wildman–Crippen LogP) is 8.36. The topological polar surface area (TPSA) is 59.1 Å². The van der Waals surface area contributed by atoms with E-state index in [-0.39, 0.29) is 12.5 Å². The Morgan fingerprint density at radius 2 is 1.70 bits per heavy atom. The maximum Gasteiger partial charge on any atom is 0.254 e. The summed E-state index contributed by atoms with van der Waals surface area (Å²) in [6.45, 7) is 5.29. The lowest BCUT2D eigenvalue weighted by molar-refractivity contribution is 0.0705. The summed E-state index contributed by atoms with van der Waals surface area (Å²) >= 11 is 13.0. The van der Waals surface area contributed by atoms with Gasteiger partial charge in [-0.3, -0.25) is 4.79 Å². The molecule has 0 radical (unpaired) electrons. The van der Waals surface area contributed by atoms with Crippen LogP contribution < -0.4 is 9.64 Å². The molecule has 1 aliphatic rings. The zero-order valence-corrected chi connectivity index (χ0v) is 23.0. The van der Waals surface area contributed by atoms with Gasteiger partial charge in [0.05, 0.1) is 36.0 Å². The Bertz CT molecular complexity index is 1100. The third-order valence-electron chi connectivity index (χ3n) is 6.62. The van der Waals surface area contributed by atoms with Gasteiger partial charge in [-0.05, 0) is 56.0 Å². The van der Waals surface area contributed by atoms with Crippen LogP contribution in [0.15, 0.2) is 51.5 Å². The highest BCUT2D eigenvalue weighted by molar-refractivity contribution is 6.37. The summed E-state index contributed by atoms with van der Waals surface area (Å²) in [6, 6.07) is 10.8. The zero-order valence-electron chi connectivity index (χ0n) is 21.5. The molecule has 0 unspecified atom stereocenters. The second kappa shape index (κ2) is 13.8. The number of benzene rings is 1. The van der Waals surface area contributed by atoms with E-state index in [0.29, 0.717) is 46.0 Å². The van der Waals surface area contributed by atoms with Gasteiger partial charge in [-0.15, -0.1) is 0 Å². The van der Waals surface area contributed by atoms with Gasteiger partial charge in [-0.1, -0.05) is 55.8 Å². The van der Waals surface area contributed by atoms with Crippen LogP contribution in [0.1, 0.15) is 80.2 Å². The first-order chi connectivity index (χ1) is 18.0. The van der Waals surface area contributed by atoms with Crippen LogP contribution in [0.4, 0.5) is 5.88 Å². The summed E-state index contributed by atoms with van der Waals surface area (Å²) in [5.74, 6) is 2.44. The Morgan fingerprint density at radius 1 is 0.973 bits per heavy atom. The van der Waals surface area contributed by atoms with Crippen LogP contribution in [0, 0.1) is 0 Å². The average molecular weight is 548 g/mol. The van der Waals surface area contributed by atoms with E-state index in [2.05, 4.69) is 11.8 Å². The number of unbranched alkanes of at least 4 members (excludes halogenated alkanes) is 4. The lowest BCUT2D eigenvalue weighted by Gasteiger charge is -2.26. The number of hydrogen-bond acceptors (Lipinski definition) is 5. The number of ether oxygens (including phenoxy) is 1. The highest BCUT2D eigenvalue weighted by Crippen LogP contribution is 2.35. The molecule has 0 spiro atoms. The molecule has 1 fully saturated rings. The van der Waals surface area contributed by atoms with Gasteiger partial charge in [-0.25, -0.2) is 0 Å². The molecule has 4 rings (SSSR count). The molecule has 1 saturated heterocycles. The van der Waals surface area contributed by atoms with Crippen molar-refractivity contribution in [1.29, 1.82) is 0 Å². The fourth-order valence-corrected chi connectivity index (χ4v) is 5.19. The Morgan fingerprint density at radius 3 is 2.41 bits per heavy atom. The SMILES string of the molecule is CCCCCCCOc1c(Cl)cc(C(=O)N(Cc2ccco2)Cc2ccc(N3CCCCC3)o2)cc1Cl. The maximum absolute atomic E-state index is 13.6. The number of rotatable bonds is 13. The molecular formula is C29H36Cl2N2O4. The minimum Gasteiger partial charge on any atom is -0.490 e. The van der Waals surface area contributed by atoms with Crippen molar-refractivity contribution in [3.8, 4) is 5.75 Å². The zero-order chi connectivity index (χ0) is 26.0. The van der Waals surface area contributed by atoms with E-state index < -0.39 is 0 Å². The van der Waals surface area contributed by atoms with Crippen molar-refractivity contribution in [2.45, 2.75) is 71.4 Å². The van der Waals surface area contributed by atoms with E-state index in [9.17, 15) is 4.79 Å². The van der Waals surface area contributed by atoms with Crippen LogP contribution in [0.5, 0.6) is 5.75 Å². The molecule has 0 aliphatic carbocycles. The quantitative estimate of drug-likeness (QED) is 0.201. The molecule has 0 N–H and O–H groups in total. The maximum atomic E-state index is 13.6. The second-order valence-electron chi connectivity index (χ2n) is 9.56. The van der Waals surface area contributed by atoms with Gasteiger partial charge in [0.25, 0.3) is 5.91 Å². The molecule has 0 bridgehead atoms. The normalized spacial score (nSPS) is 13.6. The van der Waals surface area contributed by atoms with E-state index in [1.54, 1.807) is 23.3 Å². The van der Waals surface area contributed by atoms with Gasteiger partial charge in [0.1, 0.15) is 11.5 Å². The van der Waals surface area contributed by atoms with Crippen LogP contribution in [0.25, 0.3) is 0 Å². The lowest BCUT2D eigenvalue weighted by atomic mass is 10.1. The highest BCUT2D eigenvalue weighted by Gasteiger charge is 2.23. The fourth-order valence-electron chi connectivity index (χ4n) is 4.60. The van der Waals surface area contributed by atoms with Gasteiger partial charge >= 0.3 is 0 Å². The molecule has 8 heteroatoms. The summed E-state index contributed by atoms with van der Waals surface area (Å²) in [5, 5.41) is 0.653. The van der Waals surface area contributed by atoms with Crippen molar-refractivity contribution in [3.05, 3.63) is 69.8 Å². The van der Waals surface area contributed by atoms with E-state index in [0.717, 1.165) is 31.8 Å². The van der Waals surface area contributed by atoms with Crippen molar-refractivity contribution in [2.75, 3.05) is 24.6 Å². The number of carbonyl (C=O) groups is 1. The molecule has 1 amide bonds. The first-order valence-corrected chi connectivity index (χ1v) is 14.1. The minimum absolute atomic E-state index is 0.220. The van der Waals surface area contributed by atoms with Crippen molar-refractivity contribution in [2.24, 2.45) is 0 Å². The average Bonchev–Trinajstić information content (AvgIpc) is 3.59. The second-order valence-corrected chi connectivity index (χ2v) is 10.4. The summed E-state index contributed by atoms with van der Waals surface area (Å²) in [5.41, 5.74) is 0.389. The van der Waals surface area contributed by atoms with Crippen LogP contribution in [-0.2, 0) is 13.1 Å². The minimum atomic E-state index is -0.220. The van der Waals surface area contributed by atoms with Crippen LogP contribution >= 0.6 is 23.2 Å². The number of piperidine rings is 1. The van der Waals surface area contributed by atoms with Crippen molar-refractivity contribution >= 4 is 35.0 Å². The number of halogens is 2. The summed E-state index contributed by atoms with van der Waals surface area (Å²) in [6.07, 6.45) is 10.8. The Hall–Kier alpha value is -2.57. The van der Waals surface area contributed by atoms with E-state index in [1.165, 1.54) is 38.5 Å². The highest BCUT2D eigenvalue weighted by atomic mass is 35.5. The molecule has 6 nitrogen and oxygen atoms in total. The molecule has 37 heavy (non-hydrogen) atoms. The Kier molecular flexibility index (Phi) is 10.3. The molecule has 0 atom stereocenters. The fraction of sp³-hybridized carbons (Fsp3) is 0.483. The monoisotopic (exact) mass is 546 g/mol. The summed E-state index contributed by atoms with van der Waals surface area (Å²) in [4.78, 5) is 17.6. The predicted molar refractivity (Wildman–Crippen MR) is 148 cm³/mol. The largest absolute Gasteiger partial charge is 0.490 e. The first kappa shape index (κ1) is 27.5. The Balaban J connectivity index is 1.46. The van der Waals surface area contributed by atoms with Crippen LogP contribution in [0.2, 0.25) is 10.0 Å². The number of anilines is 1. The van der Waals surface area contributed by atoms with Gasteiger partial charge in [0.15, 0.2) is 11.6 Å². The smallest absolute Gasteiger partial charge is 0.254 e. The summed E-state index contributed by atoms with van der Waals surface area (Å²) in [7, 11) is 0. The molecule has 1 aromatic carbocycles. The lowest BCUT2D eigenvalue weighted by Crippen LogP contribution is -2.30. The van der Waals surface area contributed by atoms with E-state index in [4.69, 9.17) is 36.8 Å². The van der Waals surface area contributed by atoms with Gasteiger partial charge in [-0.2, -0.15) is 0 Å². The van der Waals surface area contributed by atoms with Gasteiger partial charge in [0, 0.05) is 24.7 Å². The standard InChI is InChI=1S/C29H36Cl2N2O4/c1-2-3-4-5-9-16-36-28-25(30)18-22(19-26(28)31)29(34)33(20-23-11-10-17-35-23)21-24-12-13-27(37-24)32-14-7-6-8-15-32/h10-13,17-19H,2-9,14-16,20-21H2,1H3. The van der Waals surface area contributed by atoms with Crippen molar-refractivity contribution in [3.63, 3.8) is 0 Å². The molecule has 2 aromatic heterocycles. The van der Waals surface area contributed by atoms with Gasteiger partial charge in [0.2, 0.25) is 0 Å². The van der Waals surface area contributed by atoms with Crippen molar-refractivity contribution in [1.82, 2.24) is 4.90 Å². The van der Waals surface area contributed by atoms with Crippen LogP contribution in [-0.4, -0.2) is 30.5 Å². The van der Waals surface area contributed by atoms with E-state index >= 15 is 0 Å². The number of amides is 1. The molecule has 3 aromatic rings. The number of carbonyl (C=O) groups excluding carboxylic acids is 1. The number of furan rings is 2.